The summed E-state index contributed by atoms with van der Waals surface area (Å²) in [7, 11) is 0. The Morgan fingerprint density at radius 3 is 1.93 bits per heavy atom. The van der Waals surface area contributed by atoms with Crippen LogP contribution in [0.1, 0.15) is 6.42 Å². The molecule has 4 nitrogen and oxygen atoms in total. The molecule has 0 unspecified atom stereocenters. The van der Waals surface area contributed by atoms with Gasteiger partial charge >= 0.3 is 12.1 Å². The van der Waals surface area contributed by atoms with Gasteiger partial charge in [0.25, 0.3) is 0 Å². The standard InChI is InChI=1S/C5H8Cl4O4P2/c6-14(7,10)12-4-2-1-3-5-13-15(8,9)11/h1-2H,3-5H2/b2-1-. The molecule has 0 aliphatic carbocycles. The molecule has 0 heterocycles. The van der Waals surface area contributed by atoms with Crippen molar-refractivity contribution in [1.82, 2.24) is 0 Å². The summed E-state index contributed by atoms with van der Waals surface area (Å²) in [5, 5.41) is 0. The molecule has 0 atom stereocenters. The minimum Gasteiger partial charge on any atom is -0.306 e. The molecule has 0 saturated heterocycles. The van der Waals surface area contributed by atoms with E-state index in [2.05, 4.69) is 9.05 Å². The monoisotopic (exact) mass is 334 g/mol. The third kappa shape index (κ3) is 15.3. The third-order valence-corrected chi connectivity index (χ3v) is 3.12. The Morgan fingerprint density at radius 2 is 1.47 bits per heavy atom. The van der Waals surface area contributed by atoms with Crippen molar-refractivity contribution in [3.8, 4) is 0 Å². The van der Waals surface area contributed by atoms with Gasteiger partial charge in [-0.05, 0) is 51.4 Å². The van der Waals surface area contributed by atoms with Crippen LogP contribution in [0.15, 0.2) is 12.2 Å². The zero-order chi connectivity index (χ0) is 11.9. The van der Waals surface area contributed by atoms with E-state index < -0.39 is 12.1 Å². The van der Waals surface area contributed by atoms with Gasteiger partial charge in [-0.2, -0.15) is 0 Å². The van der Waals surface area contributed by atoms with Gasteiger partial charge in [-0.3, -0.25) is 9.13 Å². The minimum atomic E-state index is -3.47. The van der Waals surface area contributed by atoms with Crippen LogP contribution in [0, 0.1) is 0 Å². The van der Waals surface area contributed by atoms with Gasteiger partial charge in [0.2, 0.25) is 0 Å². The summed E-state index contributed by atoms with van der Waals surface area (Å²) >= 11 is 20.4. The fourth-order valence-corrected chi connectivity index (χ4v) is 1.87. The van der Waals surface area contributed by atoms with Crippen LogP contribution in [0.2, 0.25) is 0 Å². The highest BCUT2D eigenvalue weighted by Gasteiger charge is 2.13. The van der Waals surface area contributed by atoms with E-state index in [0.29, 0.717) is 6.42 Å². The quantitative estimate of drug-likeness (QED) is 0.367. The van der Waals surface area contributed by atoms with Crippen LogP contribution in [0.25, 0.3) is 0 Å². The van der Waals surface area contributed by atoms with Crippen molar-refractivity contribution in [2.24, 2.45) is 0 Å². The van der Waals surface area contributed by atoms with Crippen LogP contribution in [0.3, 0.4) is 0 Å². The first-order chi connectivity index (χ1) is 6.71. The smallest absolute Gasteiger partial charge is 0.306 e. The average molecular weight is 336 g/mol. The molecule has 0 aliphatic rings. The zero-order valence-corrected chi connectivity index (χ0v) is 12.1. The molecule has 15 heavy (non-hydrogen) atoms. The molecule has 0 rings (SSSR count). The maximum Gasteiger partial charge on any atom is 0.380 e. The van der Waals surface area contributed by atoms with E-state index in [1.165, 1.54) is 6.08 Å². The second-order valence-corrected chi connectivity index (χ2v) is 10.8. The van der Waals surface area contributed by atoms with Gasteiger partial charge in [0, 0.05) is 0 Å². The maximum absolute atomic E-state index is 10.6. The van der Waals surface area contributed by atoms with E-state index in [1.807, 2.05) is 0 Å². The molecule has 0 aromatic rings. The summed E-state index contributed by atoms with van der Waals surface area (Å²) in [6, 6.07) is 0. The van der Waals surface area contributed by atoms with Crippen LogP contribution >= 0.6 is 57.1 Å². The molecule has 0 N–H and O–H groups in total. The second kappa shape index (κ2) is 7.58. The van der Waals surface area contributed by atoms with E-state index in [9.17, 15) is 9.13 Å². The third-order valence-electron chi connectivity index (χ3n) is 1.01. The molecule has 0 fully saturated rings. The van der Waals surface area contributed by atoms with Crippen molar-refractivity contribution in [2.45, 2.75) is 6.42 Å². The molecule has 0 spiro atoms. The number of hydrogen-bond acceptors (Lipinski definition) is 4. The summed E-state index contributed by atoms with van der Waals surface area (Å²) < 4.78 is 30.3. The highest BCUT2D eigenvalue weighted by Crippen LogP contribution is 2.58. The fraction of sp³-hybridized carbons (Fsp3) is 0.600. The van der Waals surface area contributed by atoms with Gasteiger partial charge in [0.1, 0.15) is 0 Å². The van der Waals surface area contributed by atoms with Crippen molar-refractivity contribution < 1.29 is 18.2 Å². The van der Waals surface area contributed by atoms with Crippen LogP contribution in [-0.4, -0.2) is 13.2 Å². The van der Waals surface area contributed by atoms with E-state index in [4.69, 9.17) is 45.0 Å². The first-order valence-electron chi connectivity index (χ1n) is 3.63. The van der Waals surface area contributed by atoms with E-state index >= 15 is 0 Å². The SMILES string of the molecule is O=P(Cl)(Cl)OC/C=C\CCOP(=O)(Cl)Cl. The summed E-state index contributed by atoms with van der Waals surface area (Å²) in [6.45, 7) is 0.129. The Kier molecular flexibility index (Phi) is 8.22. The van der Waals surface area contributed by atoms with Gasteiger partial charge in [-0.1, -0.05) is 12.2 Å². The topological polar surface area (TPSA) is 52.6 Å². The van der Waals surface area contributed by atoms with Crippen LogP contribution < -0.4 is 0 Å². The van der Waals surface area contributed by atoms with Crippen LogP contribution in [0.4, 0.5) is 0 Å². The summed E-state index contributed by atoms with van der Waals surface area (Å²) in [5.74, 6) is 0. The lowest BCUT2D eigenvalue weighted by molar-refractivity contribution is 0.340. The van der Waals surface area contributed by atoms with Gasteiger partial charge in [-0.25, -0.2) is 0 Å². The zero-order valence-electron chi connectivity index (χ0n) is 7.32. The Labute approximate surface area is 107 Å². The second-order valence-electron chi connectivity index (χ2n) is 2.22. The molecule has 0 amide bonds. The van der Waals surface area contributed by atoms with Gasteiger partial charge in [-0.15, -0.1) is 0 Å². The van der Waals surface area contributed by atoms with Crippen molar-refractivity contribution in [1.29, 1.82) is 0 Å². The molecule has 0 bridgehead atoms. The van der Waals surface area contributed by atoms with E-state index in [-0.39, 0.29) is 13.2 Å². The predicted molar refractivity (Wildman–Crippen MR) is 64.3 cm³/mol. The maximum atomic E-state index is 10.6. The molecular weight excluding hydrogens is 328 g/mol. The lowest BCUT2D eigenvalue weighted by atomic mass is 10.4. The predicted octanol–water partition coefficient (Wildman–Crippen LogP) is 5.14. The minimum absolute atomic E-state index is 0.0175. The van der Waals surface area contributed by atoms with Crippen molar-refractivity contribution in [3.05, 3.63) is 12.2 Å². The molecule has 90 valence electrons. The molecule has 10 heteroatoms. The highest BCUT2D eigenvalue weighted by molar-refractivity contribution is 8.05. The lowest BCUT2D eigenvalue weighted by Gasteiger charge is -2.01. The summed E-state index contributed by atoms with van der Waals surface area (Å²) in [6.07, 6.45) is -3.33. The first kappa shape index (κ1) is 16.3. The average Bonchev–Trinajstić information content (AvgIpc) is 1.98. The number of halogens is 4. The Hall–Kier alpha value is 1.28. The molecule has 0 aromatic carbocycles. The number of rotatable bonds is 7. The molecular formula is C5H8Cl4O4P2. The summed E-state index contributed by atoms with van der Waals surface area (Å²) in [4.78, 5) is 0. The van der Waals surface area contributed by atoms with Crippen LogP contribution in [-0.2, 0) is 18.2 Å². The fourth-order valence-electron chi connectivity index (χ4n) is 0.543. The lowest BCUT2D eigenvalue weighted by Crippen LogP contribution is -1.85. The van der Waals surface area contributed by atoms with Gasteiger partial charge in [0.15, 0.2) is 0 Å². The van der Waals surface area contributed by atoms with Crippen LogP contribution in [0.5, 0.6) is 0 Å². The first-order valence-corrected chi connectivity index (χ1v) is 10.5. The molecule has 0 aromatic heterocycles. The Bertz CT molecular complexity index is 295. The molecule has 0 radical (unpaired) electrons. The van der Waals surface area contributed by atoms with E-state index in [0.717, 1.165) is 0 Å². The van der Waals surface area contributed by atoms with Gasteiger partial charge in [0.05, 0.1) is 13.2 Å². The highest BCUT2D eigenvalue weighted by atomic mass is 35.9. The normalized spacial score (nSPS) is 13.6. The van der Waals surface area contributed by atoms with Crippen molar-refractivity contribution in [2.75, 3.05) is 13.2 Å². The molecule has 0 aliphatic heterocycles. The Morgan fingerprint density at radius 1 is 0.933 bits per heavy atom. The Balaban J connectivity index is 3.49. The largest absolute Gasteiger partial charge is 0.380 e. The van der Waals surface area contributed by atoms with Crippen molar-refractivity contribution in [3.63, 3.8) is 0 Å². The van der Waals surface area contributed by atoms with Gasteiger partial charge < -0.3 is 9.05 Å². The summed E-state index contributed by atoms with van der Waals surface area (Å²) in [5.41, 5.74) is 0. The number of hydrogen-bond donors (Lipinski definition) is 0. The van der Waals surface area contributed by atoms with Crippen molar-refractivity contribution >= 4 is 57.1 Å². The molecule has 0 saturated carbocycles. The van der Waals surface area contributed by atoms with E-state index in [1.54, 1.807) is 6.08 Å².